The van der Waals surface area contributed by atoms with Crippen LogP contribution in [0.2, 0.25) is 0 Å². The lowest BCUT2D eigenvalue weighted by atomic mass is 10.1. The fraction of sp³-hybridized carbons (Fsp3) is 0.750. The van der Waals surface area contributed by atoms with E-state index in [9.17, 15) is 5.11 Å². The molecule has 0 amide bonds. The topological polar surface area (TPSA) is 38.1 Å². The smallest absolute Gasteiger partial charge is 0.160 e. The zero-order valence-electron chi connectivity index (χ0n) is 10.4. The first-order chi connectivity index (χ1) is 6.99. The maximum absolute atomic E-state index is 10.1. The van der Waals surface area contributed by atoms with E-state index in [-0.39, 0.29) is 5.92 Å². The Morgan fingerprint density at radius 3 is 2.27 bits per heavy atom. The van der Waals surface area contributed by atoms with Crippen molar-refractivity contribution in [3.8, 4) is 5.75 Å². The molecule has 1 heterocycles. The molecule has 86 valence electrons. The molecule has 0 saturated heterocycles. The van der Waals surface area contributed by atoms with Crippen LogP contribution < -0.4 is 0 Å². The number of aromatic hydroxyl groups is 1. The van der Waals surface area contributed by atoms with Gasteiger partial charge in [0, 0.05) is 12.0 Å². The highest BCUT2D eigenvalue weighted by Crippen LogP contribution is 2.30. The van der Waals surface area contributed by atoms with Crippen LogP contribution in [0.25, 0.3) is 0 Å². The molecule has 0 aromatic carbocycles. The lowest BCUT2D eigenvalue weighted by molar-refractivity contribution is 0.449. The van der Waals surface area contributed by atoms with Crippen LogP contribution in [0.15, 0.2) is 0 Å². The fourth-order valence-electron chi connectivity index (χ4n) is 1.77. The summed E-state index contributed by atoms with van der Waals surface area (Å²) in [5.41, 5.74) is 1.81. The van der Waals surface area contributed by atoms with Gasteiger partial charge in [-0.15, -0.1) is 0 Å². The number of hydrogen-bond donors (Lipinski definition) is 1. The van der Waals surface area contributed by atoms with Gasteiger partial charge in [0.2, 0.25) is 0 Å². The van der Waals surface area contributed by atoms with Gasteiger partial charge in [-0.1, -0.05) is 27.2 Å². The maximum Gasteiger partial charge on any atom is 0.160 e. The molecular weight excluding hydrogens is 188 g/mol. The summed E-state index contributed by atoms with van der Waals surface area (Å²) in [5.74, 6) is 0.682. The third-order valence-corrected chi connectivity index (χ3v) is 2.53. The summed E-state index contributed by atoms with van der Waals surface area (Å²) < 4.78 is 1.95. The Bertz CT molecular complexity index is 327. The monoisotopic (exact) mass is 210 g/mol. The van der Waals surface area contributed by atoms with E-state index >= 15 is 0 Å². The van der Waals surface area contributed by atoms with E-state index in [0.29, 0.717) is 11.8 Å². The van der Waals surface area contributed by atoms with Crippen molar-refractivity contribution < 1.29 is 5.11 Å². The largest absolute Gasteiger partial charge is 0.504 e. The minimum absolute atomic E-state index is 0.278. The summed E-state index contributed by atoms with van der Waals surface area (Å²) in [6, 6.07) is 0.310. The van der Waals surface area contributed by atoms with Crippen molar-refractivity contribution in [2.75, 3.05) is 0 Å². The van der Waals surface area contributed by atoms with Crippen molar-refractivity contribution in [3.05, 3.63) is 11.4 Å². The highest BCUT2D eigenvalue weighted by Gasteiger charge is 2.19. The standard InChI is InChI=1S/C12H22N2O/c1-6-7-10-12(15)11(8(2)3)13-14(10)9(4)5/h8-9,15H,6-7H2,1-5H3. The van der Waals surface area contributed by atoms with E-state index in [1.807, 2.05) is 4.68 Å². The van der Waals surface area contributed by atoms with Gasteiger partial charge in [0.05, 0.1) is 5.69 Å². The van der Waals surface area contributed by atoms with Crippen LogP contribution >= 0.6 is 0 Å². The van der Waals surface area contributed by atoms with Crippen molar-refractivity contribution in [1.29, 1.82) is 0 Å². The second kappa shape index (κ2) is 4.69. The first-order valence-corrected chi connectivity index (χ1v) is 5.79. The summed E-state index contributed by atoms with van der Waals surface area (Å²) in [6.45, 7) is 10.4. The summed E-state index contributed by atoms with van der Waals surface area (Å²) in [6.07, 6.45) is 1.92. The molecule has 0 aliphatic carbocycles. The minimum atomic E-state index is 0.278. The normalized spacial score (nSPS) is 11.7. The second-order valence-electron chi connectivity index (χ2n) is 4.62. The van der Waals surface area contributed by atoms with Crippen LogP contribution in [-0.2, 0) is 6.42 Å². The van der Waals surface area contributed by atoms with Crippen molar-refractivity contribution in [1.82, 2.24) is 9.78 Å². The molecule has 1 N–H and O–H groups in total. The fourth-order valence-corrected chi connectivity index (χ4v) is 1.77. The molecule has 1 rings (SSSR count). The van der Waals surface area contributed by atoms with Gasteiger partial charge in [-0.2, -0.15) is 5.10 Å². The Labute approximate surface area is 92.1 Å². The number of rotatable bonds is 4. The second-order valence-corrected chi connectivity index (χ2v) is 4.62. The highest BCUT2D eigenvalue weighted by molar-refractivity contribution is 5.34. The first kappa shape index (κ1) is 12.1. The highest BCUT2D eigenvalue weighted by atomic mass is 16.3. The van der Waals surface area contributed by atoms with Crippen molar-refractivity contribution >= 4 is 0 Å². The van der Waals surface area contributed by atoms with Crippen LogP contribution in [0.3, 0.4) is 0 Å². The number of aromatic nitrogens is 2. The molecule has 0 fully saturated rings. The third kappa shape index (κ3) is 2.33. The summed E-state index contributed by atoms with van der Waals surface area (Å²) in [5, 5.41) is 14.6. The van der Waals surface area contributed by atoms with Gasteiger partial charge in [0.25, 0.3) is 0 Å². The summed E-state index contributed by atoms with van der Waals surface area (Å²) in [4.78, 5) is 0. The van der Waals surface area contributed by atoms with Crippen LogP contribution in [0, 0.1) is 0 Å². The Balaban J connectivity index is 3.20. The average Bonchev–Trinajstić information content (AvgIpc) is 2.45. The molecule has 0 saturated carbocycles. The molecule has 0 radical (unpaired) electrons. The molecular formula is C12H22N2O. The number of hydrogen-bond acceptors (Lipinski definition) is 2. The quantitative estimate of drug-likeness (QED) is 0.828. The molecule has 0 atom stereocenters. The van der Waals surface area contributed by atoms with Crippen molar-refractivity contribution in [3.63, 3.8) is 0 Å². The van der Waals surface area contributed by atoms with E-state index in [2.05, 4.69) is 39.7 Å². The molecule has 3 heteroatoms. The van der Waals surface area contributed by atoms with E-state index < -0.39 is 0 Å². The molecule has 1 aromatic rings. The lowest BCUT2D eigenvalue weighted by Crippen LogP contribution is -2.07. The predicted octanol–water partition coefficient (Wildman–Crippen LogP) is 3.25. The van der Waals surface area contributed by atoms with Gasteiger partial charge in [-0.05, 0) is 20.3 Å². The van der Waals surface area contributed by atoms with Gasteiger partial charge in [-0.25, -0.2) is 0 Å². The van der Waals surface area contributed by atoms with Gasteiger partial charge < -0.3 is 5.11 Å². The Morgan fingerprint density at radius 1 is 1.27 bits per heavy atom. The maximum atomic E-state index is 10.1. The number of nitrogens with zero attached hydrogens (tertiary/aromatic N) is 2. The van der Waals surface area contributed by atoms with Crippen LogP contribution in [0.4, 0.5) is 0 Å². The SMILES string of the molecule is CCCc1c(O)c(C(C)C)nn1C(C)C. The predicted molar refractivity (Wildman–Crippen MR) is 62.4 cm³/mol. The minimum Gasteiger partial charge on any atom is -0.504 e. The first-order valence-electron chi connectivity index (χ1n) is 5.79. The van der Waals surface area contributed by atoms with E-state index in [1.54, 1.807) is 0 Å². The molecule has 0 aliphatic heterocycles. The molecule has 1 aromatic heterocycles. The lowest BCUT2D eigenvalue weighted by Gasteiger charge is -2.09. The summed E-state index contributed by atoms with van der Waals surface area (Å²) in [7, 11) is 0. The van der Waals surface area contributed by atoms with E-state index in [1.165, 1.54) is 0 Å². The van der Waals surface area contributed by atoms with Gasteiger partial charge in [-0.3, -0.25) is 4.68 Å². The van der Waals surface area contributed by atoms with E-state index in [0.717, 1.165) is 24.2 Å². The van der Waals surface area contributed by atoms with Crippen LogP contribution in [0.1, 0.15) is 64.4 Å². The van der Waals surface area contributed by atoms with E-state index in [4.69, 9.17) is 0 Å². The Hall–Kier alpha value is -0.990. The van der Waals surface area contributed by atoms with Crippen LogP contribution in [-0.4, -0.2) is 14.9 Å². The molecule has 0 unspecified atom stereocenters. The van der Waals surface area contributed by atoms with Gasteiger partial charge in [0.15, 0.2) is 5.75 Å². The molecule has 0 bridgehead atoms. The average molecular weight is 210 g/mol. The Morgan fingerprint density at radius 2 is 1.87 bits per heavy atom. The zero-order chi connectivity index (χ0) is 11.6. The molecule has 0 aliphatic rings. The van der Waals surface area contributed by atoms with Gasteiger partial charge in [0.1, 0.15) is 5.69 Å². The van der Waals surface area contributed by atoms with Crippen LogP contribution in [0.5, 0.6) is 5.75 Å². The van der Waals surface area contributed by atoms with Crippen molar-refractivity contribution in [2.24, 2.45) is 0 Å². The summed E-state index contributed by atoms with van der Waals surface area (Å²) >= 11 is 0. The molecule has 0 spiro atoms. The molecule has 3 nitrogen and oxygen atoms in total. The van der Waals surface area contributed by atoms with Gasteiger partial charge >= 0.3 is 0 Å². The molecule has 15 heavy (non-hydrogen) atoms. The zero-order valence-corrected chi connectivity index (χ0v) is 10.4. The van der Waals surface area contributed by atoms with Crippen molar-refractivity contribution in [2.45, 2.75) is 59.4 Å². The Kier molecular flexibility index (Phi) is 3.77. The third-order valence-electron chi connectivity index (χ3n) is 2.53.